The van der Waals surface area contributed by atoms with Crippen LogP contribution in [0.1, 0.15) is 29.2 Å². The highest BCUT2D eigenvalue weighted by molar-refractivity contribution is 7.99. The summed E-state index contributed by atoms with van der Waals surface area (Å²) in [6, 6.07) is 17.7. The van der Waals surface area contributed by atoms with Crippen molar-refractivity contribution in [2.45, 2.75) is 36.1 Å². The Morgan fingerprint density at radius 1 is 1.13 bits per heavy atom. The predicted molar refractivity (Wildman–Crippen MR) is 123 cm³/mol. The van der Waals surface area contributed by atoms with Crippen LogP contribution in [-0.2, 0) is 9.59 Å². The second-order valence-corrected chi connectivity index (χ2v) is 9.05. The molecule has 2 atom stereocenters. The first-order valence-corrected chi connectivity index (χ1v) is 11.1. The molecular formula is C25H25N3O2S. The van der Waals surface area contributed by atoms with Gasteiger partial charge in [-0.25, -0.2) is 0 Å². The molecule has 2 heterocycles. The lowest BCUT2D eigenvalue weighted by Gasteiger charge is -2.24. The Kier molecular flexibility index (Phi) is 6.09. The van der Waals surface area contributed by atoms with Gasteiger partial charge in [0.25, 0.3) is 0 Å². The van der Waals surface area contributed by atoms with Crippen molar-refractivity contribution in [2.24, 2.45) is 5.92 Å². The minimum absolute atomic E-state index is 0.0331. The van der Waals surface area contributed by atoms with Gasteiger partial charge in [0.2, 0.25) is 11.8 Å². The van der Waals surface area contributed by atoms with Crippen molar-refractivity contribution in [3.8, 4) is 0 Å². The monoisotopic (exact) mass is 431 g/mol. The number of pyridine rings is 1. The highest BCUT2D eigenvalue weighted by Crippen LogP contribution is 2.37. The summed E-state index contributed by atoms with van der Waals surface area (Å²) < 4.78 is 0. The van der Waals surface area contributed by atoms with Gasteiger partial charge in [-0.1, -0.05) is 35.5 Å². The molecule has 1 saturated heterocycles. The number of aromatic nitrogens is 1. The number of benzene rings is 2. The number of hydrogen-bond donors (Lipinski definition) is 1. The Morgan fingerprint density at radius 3 is 2.58 bits per heavy atom. The fourth-order valence-electron chi connectivity index (χ4n) is 3.99. The van der Waals surface area contributed by atoms with Crippen molar-refractivity contribution in [1.29, 1.82) is 0 Å². The third-order valence-electron chi connectivity index (χ3n) is 5.63. The van der Waals surface area contributed by atoms with Gasteiger partial charge in [0.15, 0.2) is 0 Å². The number of carbonyl (C=O) groups is 2. The molecule has 3 aromatic rings. The highest BCUT2D eigenvalue weighted by Gasteiger charge is 2.42. The number of amides is 2. The lowest BCUT2D eigenvalue weighted by molar-refractivity contribution is -0.127. The van der Waals surface area contributed by atoms with E-state index in [4.69, 9.17) is 0 Å². The van der Waals surface area contributed by atoms with Crippen molar-refractivity contribution in [2.75, 3.05) is 12.4 Å². The van der Waals surface area contributed by atoms with Gasteiger partial charge in [-0.2, -0.15) is 0 Å². The second-order valence-electron chi connectivity index (χ2n) is 7.93. The van der Waals surface area contributed by atoms with E-state index >= 15 is 0 Å². The molecule has 0 radical (unpaired) electrons. The number of hydrogen-bond acceptors (Lipinski definition) is 4. The number of carbonyl (C=O) groups excluding carboxylic acids is 2. The van der Waals surface area contributed by atoms with Crippen LogP contribution >= 0.6 is 11.8 Å². The SMILES string of the molecule is Cc1ccc(Sc2ccc(NC(=O)C3CC(=O)N(C)C3c3cccnc3)cc2)c(C)c1. The van der Waals surface area contributed by atoms with Crippen molar-refractivity contribution in [3.05, 3.63) is 83.7 Å². The van der Waals surface area contributed by atoms with Gasteiger partial charge in [0.05, 0.1) is 12.0 Å². The molecule has 0 bridgehead atoms. The third-order valence-corrected chi connectivity index (χ3v) is 6.81. The van der Waals surface area contributed by atoms with E-state index in [2.05, 4.69) is 42.3 Å². The summed E-state index contributed by atoms with van der Waals surface area (Å²) in [6.45, 7) is 4.20. The van der Waals surface area contributed by atoms with Crippen LogP contribution in [0.15, 0.2) is 76.8 Å². The summed E-state index contributed by atoms with van der Waals surface area (Å²) >= 11 is 1.70. The van der Waals surface area contributed by atoms with Gasteiger partial charge >= 0.3 is 0 Å². The van der Waals surface area contributed by atoms with Gasteiger partial charge in [-0.3, -0.25) is 14.6 Å². The molecule has 2 amide bonds. The number of aryl methyl sites for hydroxylation is 2. The molecule has 0 saturated carbocycles. The normalized spacial score (nSPS) is 18.3. The molecule has 5 nitrogen and oxygen atoms in total. The van der Waals surface area contributed by atoms with Gasteiger partial charge in [-0.05, 0) is 61.4 Å². The molecule has 2 unspecified atom stereocenters. The maximum Gasteiger partial charge on any atom is 0.230 e. The zero-order valence-electron chi connectivity index (χ0n) is 17.8. The minimum atomic E-state index is -0.453. The van der Waals surface area contributed by atoms with E-state index in [1.165, 1.54) is 16.0 Å². The molecule has 1 aromatic heterocycles. The number of rotatable bonds is 5. The van der Waals surface area contributed by atoms with Crippen molar-refractivity contribution < 1.29 is 9.59 Å². The molecule has 6 heteroatoms. The Hall–Kier alpha value is -3.12. The third kappa shape index (κ3) is 4.64. The van der Waals surface area contributed by atoms with Crippen LogP contribution in [0, 0.1) is 19.8 Å². The van der Waals surface area contributed by atoms with Crippen LogP contribution in [0.3, 0.4) is 0 Å². The minimum Gasteiger partial charge on any atom is -0.338 e. The van der Waals surface area contributed by atoms with E-state index in [0.717, 1.165) is 16.1 Å². The summed E-state index contributed by atoms with van der Waals surface area (Å²) in [5.41, 5.74) is 4.09. The number of nitrogens with zero attached hydrogens (tertiary/aromatic N) is 2. The largest absolute Gasteiger partial charge is 0.338 e. The molecule has 1 aliphatic rings. The van der Waals surface area contributed by atoms with Crippen LogP contribution < -0.4 is 5.32 Å². The molecular weight excluding hydrogens is 406 g/mol. The number of nitrogens with one attached hydrogen (secondary N) is 1. The molecule has 158 valence electrons. The van der Waals surface area contributed by atoms with Gasteiger partial charge in [0, 0.05) is 41.3 Å². The predicted octanol–water partition coefficient (Wildman–Crippen LogP) is 5.01. The quantitative estimate of drug-likeness (QED) is 0.617. The zero-order chi connectivity index (χ0) is 22.0. The Bertz CT molecular complexity index is 1100. The van der Waals surface area contributed by atoms with Gasteiger partial charge < -0.3 is 10.2 Å². The molecule has 1 fully saturated rings. The van der Waals surface area contributed by atoms with E-state index in [-0.39, 0.29) is 24.3 Å². The van der Waals surface area contributed by atoms with E-state index in [9.17, 15) is 9.59 Å². The van der Waals surface area contributed by atoms with Gasteiger partial charge in [0.1, 0.15) is 0 Å². The number of likely N-dealkylation sites (tertiary alicyclic amines) is 1. The lowest BCUT2D eigenvalue weighted by Crippen LogP contribution is -2.30. The second kappa shape index (κ2) is 8.94. The standard InChI is InChI=1S/C25H25N3O2S/c1-16-6-11-22(17(2)13-16)31-20-9-7-19(8-10-20)27-25(30)21-14-23(29)28(3)24(21)18-5-4-12-26-15-18/h4-13,15,21,24H,14H2,1-3H3,(H,27,30). The first kappa shape index (κ1) is 21.1. The molecule has 0 aliphatic carbocycles. The molecule has 1 N–H and O–H groups in total. The summed E-state index contributed by atoms with van der Waals surface area (Å²) in [7, 11) is 1.74. The fraction of sp³-hybridized carbons (Fsp3) is 0.240. The topological polar surface area (TPSA) is 62.3 Å². The first-order valence-electron chi connectivity index (χ1n) is 10.2. The lowest BCUT2D eigenvalue weighted by atomic mass is 9.94. The van der Waals surface area contributed by atoms with Crippen LogP contribution in [0.25, 0.3) is 0 Å². The smallest absolute Gasteiger partial charge is 0.230 e. The van der Waals surface area contributed by atoms with Crippen molar-refractivity contribution >= 4 is 29.3 Å². The van der Waals surface area contributed by atoms with E-state index in [1.807, 2.05) is 36.4 Å². The van der Waals surface area contributed by atoms with E-state index < -0.39 is 5.92 Å². The fourth-order valence-corrected chi connectivity index (χ4v) is 4.88. The molecule has 4 rings (SSSR count). The average molecular weight is 432 g/mol. The molecule has 0 spiro atoms. The zero-order valence-corrected chi connectivity index (χ0v) is 18.6. The highest BCUT2D eigenvalue weighted by atomic mass is 32.2. The Morgan fingerprint density at radius 2 is 1.90 bits per heavy atom. The molecule has 1 aliphatic heterocycles. The van der Waals surface area contributed by atoms with Crippen LogP contribution in [0.5, 0.6) is 0 Å². The summed E-state index contributed by atoms with van der Waals surface area (Å²) in [5.74, 6) is -0.637. The average Bonchev–Trinajstić information content (AvgIpc) is 3.06. The summed E-state index contributed by atoms with van der Waals surface area (Å²) in [5, 5.41) is 2.99. The summed E-state index contributed by atoms with van der Waals surface area (Å²) in [6.07, 6.45) is 3.61. The Labute approximate surface area is 186 Å². The first-order chi connectivity index (χ1) is 14.9. The maximum absolute atomic E-state index is 13.0. The van der Waals surface area contributed by atoms with Crippen molar-refractivity contribution in [1.82, 2.24) is 9.88 Å². The summed E-state index contributed by atoms with van der Waals surface area (Å²) in [4.78, 5) is 33.5. The van der Waals surface area contributed by atoms with Gasteiger partial charge in [-0.15, -0.1) is 0 Å². The van der Waals surface area contributed by atoms with Crippen molar-refractivity contribution in [3.63, 3.8) is 0 Å². The van der Waals surface area contributed by atoms with Crippen LogP contribution in [0.2, 0.25) is 0 Å². The Balaban J connectivity index is 1.46. The van der Waals surface area contributed by atoms with E-state index in [0.29, 0.717) is 0 Å². The van der Waals surface area contributed by atoms with Crippen LogP contribution in [-0.4, -0.2) is 28.7 Å². The van der Waals surface area contributed by atoms with E-state index in [1.54, 1.807) is 36.1 Å². The maximum atomic E-state index is 13.0. The molecule has 2 aromatic carbocycles. The number of anilines is 1. The van der Waals surface area contributed by atoms with Crippen LogP contribution in [0.4, 0.5) is 5.69 Å². The molecule has 31 heavy (non-hydrogen) atoms.